The summed E-state index contributed by atoms with van der Waals surface area (Å²) in [5.74, 6) is 1.38. The molecule has 8 heteroatoms. The molecular formula is C14H16ClN3O3S. The number of aliphatic carboxylic acids is 1. The van der Waals surface area contributed by atoms with E-state index in [-0.39, 0.29) is 12.0 Å². The molecule has 1 aromatic rings. The van der Waals surface area contributed by atoms with Crippen molar-refractivity contribution in [3.63, 3.8) is 0 Å². The molecule has 1 N–H and O–H groups in total. The number of anilines is 1. The maximum atomic E-state index is 11.7. The van der Waals surface area contributed by atoms with Crippen molar-refractivity contribution in [3.8, 4) is 0 Å². The van der Waals surface area contributed by atoms with Crippen LogP contribution in [-0.4, -0.2) is 45.6 Å². The number of pyridine rings is 1. The first-order valence-electron chi connectivity index (χ1n) is 7.07. The zero-order chi connectivity index (χ0) is 15.7. The lowest BCUT2D eigenvalue weighted by Gasteiger charge is -2.27. The fourth-order valence-electron chi connectivity index (χ4n) is 2.51. The number of carboxylic acids is 1. The molecule has 1 saturated heterocycles. The molecule has 2 atom stereocenters. The summed E-state index contributed by atoms with van der Waals surface area (Å²) in [4.78, 5) is 15.9. The van der Waals surface area contributed by atoms with Gasteiger partial charge in [-0.2, -0.15) is 11.8 Å². The lowest BCUT2D eigenvalue weighted by molar-refractivity contribution is -0.139. The summed E-state index contributed by atoms with van der Waals surface area (Å²) in [5, 5.41) is 15.7. The Hall–Kier alpha value is -1.47. The second-order valence-electron chi connectivity index (χ2n) is 5.17. The van der Waals surface area contributed by atoms with Crippen molar-refractivity contribution in [2.45, 2.75) is 25.5 Å². The van der Waals surface area contributed by atoms with Crippen LogP contribution in [0, 0.1) is 5.92 Å². The molecule has 0 amide bonds. The van der Waals surface area contributed by atoms with E-state index in [0.29, 0.717) is 23.2 Å². The molecule has 0 aromatic carbocycles. The zero-order valence-electron chi connectivity index (χ0n) is 12.0. The van der Waals surface area contributed by atoms with Gasteiger partial charge in [0.25, 0.3) is 0 Å². The minimum absolute atomic E-state index is 0.117. The summed E-state index contributed by atoms with van der Waals surface area (Å²) in [6.45, 7) is 1.93. The van der Waals surface area contributed by atoms with Gasteiger partial charge in [0.15, 0.2) is 11.9 Å². The number of hydrogen-bond donors (Lipinski definition) is 1. The molecule has 118 valence electrons. The van der Waals surface area contributed by atoms with Crippen LogP contribution in [-0.2, 0) is 9.53 Å². The summed E-state index contributed by atoms with van der Waals surface area (Å²) in [6.07, 6.45) is 2.31. The molecule has 3 rings (SSSR count). The molecule has 2 aliphatic rings. The maximum Gasteiger partial charge on any atom is 0.329 e. The standard InChI is InChI=1S/C14H16ClN3O3S/c1-2-9-11(14(19)20)18(12-10(15)4-3-5-16-12)17-13(9)21-8-6-22-7-8/h3-5,8-9,11H,2,6-7H2,1H3,(H,19,20). The summed E-state index contributed by atoms with van der Waals surface area (Å²) in [6, 6.07) is 2.52. The van der Waals surface area contributed by atoms with Crippen LogP contribution in [0.1, 0.15) is 13.3 Å². The van der Waals surface area contributed by atoms with Gasteiger partial charge in [-0.25, -0.2) is 14.8 Å². The largest absolute Gasteiger partial charge is 0.480 e. The third-order valence-corrected chi connectivity index (χ3v) is 5.22. The van der Waals surface area contributed by atoms with E-state index in [1.165, 1.54) is 5.01 Å². The van der Waals surface area contributed by atoms with Crippen molar-refractivity contribution in [3.05, 3.63) is 23.4 Å². The van der Waals surface area contributed by atoms with E-state index in [1.54, 1.807) is 30.1 Å². The first-order chi connectivity index (χ1) is 10.6. The molecule has 3 heterocycles. The molecule has 0 saturated carbocycles. The number of hydrogen-bond acceptors (Lipinski definition) is 6. The van der Waals surface area contributed by atoms with Gasteiger partial charge in [0.05, 0.1) is 10.9 Å². The van der Waals surface area contributed by atoms with Crippen molar-refractivity contribution in [2.75, 3.05) is 16.5 Å². The van der Waals surface area contributed by atoms with Crippen molar-refractivity contribution in [1.82, 2.24) is 4.98 Å². The SMILES string of the molecule is CCC1C(OC2CSC2)=NN(c2ncccc2Cl)C1C(=O)O. The molecule has 1 aromatic heterocycles. The Morgan fingerprint density at radius 2 is 2.36 bits per heavy atom. The minimum atomic E-state index is -0.959. The van der Waals surface area contributed by atoms with Gasteiger partial charge >= 0.3 is 5.97 Å². The Morgan fingerprint density at radius 3 is 2.91 bits per heavy atom. The topological polar surface area (TPSA) is 75.0 Å². The summed E-state index contributed by atoms with van der Waals surface area (Å²) < 4.78 is 5.88. The first-order valence-corrected chi connectivity index (χ1v) is 8.60. The predicted molar refractivity (Wildman–Crippen MR) is 86.6 cm³/mol. The molecule has 0 bridgehead atoms. The van der Waals surface area contributed by atoms with Crippen molar-refractivity contribution in [1.29, 1.82) is 0 Å². The molecule has 6 nitrogen and oxygen atoms in total. The van der Waals surface area contributed by atoms with Gasteiger partial charge in [0.2, 0.25) is 5.90 Å². The monoisotopic (exact) mass is 341 g/mol. The van der Waals surface area contributed by atoms with Crippen LogP contribution in [0.25, 0.3) is 0 Å². The van der Waals surface area contributed by atoms with Gasteiger partial charge in [-0.15, -0.1) is 5.10 Å². The number of nitrogens with zero attached hydrogens (tertiary/aromatic N) is 3. The molecule has 1 fully saturated rings. The fourth-order valence-corrected chi connectivity index (χ4v) is 3.28. The number of thioether (sulfide) groups is 1. The Kier molecular flexibility index (Phi) is 4.44. The normalized spacial score (nSPS) is 24.8. The number of aromatic nitrogens is 1. The zero-order valence-corrected chi connectivity index (χ0v) is 13.5. The van der Waals surface area contributed by atoms with E-state index in [2.05, 4.69) is 10.1 Å². The number of hydrazone groups is 1. The summed E-state index contributed by atoms with van der Waals surface area (Å²) in [5.41, 5.74) is 0. The average molecular weight is 342 g/mol. The third-order valence-electron chi connectivity index (χ3n) is 3.71. The third kappa shape index (κ3) is 2.75. The molecule has 0 spiro atoms. The van der Waals surface area contributed by atoms with Crippen LogP contribution in [0.2, 0.25) is 5.02 Å². The quantitative estimate of drug-likeness (QED) is 0.906. The Bertz CT molecular complexity index is 609. The molecular weight excluding hydrogens is 326 g/mol. The van der Waals surface area contributed by atoms with Crippen molar-refractivity contribution < 1.29 is 14.6 Å². The second kappa shape index (κ2) is 6.34. The van der Waals surface area contributed by atoms with E-state index in [9.17, 15) is 9.90 Å². The van der Waals surface area contributed by atoms with Gasteiger partial charge < -0.3 is 9.84 Å². The Labute approximate surface area is 137 Å². The highest BCUT2D eigenvalue weighted by Crippen LogP contribution is 2.35. The molecule has 0 aliphatic carbocycles. The Balaban J connectivity index is 1.94. The van der Waals surface area contributed by atoms with Gasteiger partial charge in [0, 0.05) is 17.7 Å². The van der Waals surface area contributed by atoms with Crippen LogP contribution in [0.3, 0.4) is 0 Å². The van der Waals surface area contributed by atoms with E-state index < -0.39 is 12.0 Å². The van der Waals surface area contributed by atoms with Crippen LogP contribution in [0.4, 0.5) is 5.82 Å². The highest BCUT2D eigenvalue weighted by atomic mass is 35.5. The summed E-state index contributed by atoms with van der Waals surface area (Å²) in [7, 11) is 0. The van der Waals surface area contributed by atoms with Gasteiger partial charge in [-0.3, -0.25) is 0 Å². The predicted octanol–water partition coefficient (Wildman–Crippen LogP) is 2.48. The highest BCUT2D eigenvalue weighted by Gasteiger charge is 2.45. The summed E-state index contributed by atoms with van der Waals surface area (Å²) >= 11 is 7.95. The number of halogens is 1. The second-order valence-corrected chi connectivity index (χ2v) is 6.65. The van der Waals surface area contributed by atoms with Gasteiger partial charge in [-0.1, -0.05) is 18.5 Å². The van der Waals surface area contributed by atoms with Crippen molar-refractivity contribution >= 4 is 41.0 Å². The van der Waals surface area contributed by atoms with Gasteiger partial charge in [0.1, 0.15) is 6.10 Å². The highest BCUT2D eigenvalue weighted by molar-refractivity contribution is 8.00. The lowest BCUT2D eigenvalue weighted by Crippen LogP contribution is -2.42. The smallest absolute Gasteiger partial charge is 0.329 e. The van der Waals surface area contributed by atoms with Crippen LogP contribution >= 0.6 is 23.4 Å². The molecule has 0 radical (unpaired) electrons. The fraction of sp³-hybridized carbons (Fsp3) is 0.500. The average Bonchev–Trinajstić information content (AvgIpc) is 2.81. The Morgan fingerprint density at radius 1 is 1.59 bits per heavy atom. The maximum absolute atomic E-state index is 11.7. The van der Waals surface area contributed by atoms with Crippen LogP contribution < -0.4 is 5.01 Å². The minimum Gasteiger partial charge on any atom is -0.480 e. The number of carbonyl (C=O) groups is 1. The first kappa shape index (κ1) is 15.4. The van der Waals surface area contributed by atoms with E-state index in [4.69, 9.17) is 16.3 Å². The molecule has 22 heavy (non-hydrogen) atoms. The lowest BCUT2D eigenvalue weighted by atomic mass is 9.97. The van der Waals surface area contributed by atoms with E-state index in [1.807, 2.05) is 6.92 Å². The van der Waals surface area contributed by atoms with Crippen molar-refractivity contribution in [2.24, 2.45) is 11.0 Å². The molecule has 2 aliphatic heterocycles. The molecule has 2 unspecified atom stereocenters. The number of rotatable bonds is 4. The number of ether oxygens (including phenoxy) is 1. The van der Waals surface area contributed by atoms with E-state index >= 15 is 0 Å². The van der Waals surface area contributed by atoms with Crippen LogP contribution in [0.5, 0.6) is 0 Å². The van der Waals surface area contributed by atoms with E-state index in [0.717, 1.165) is 11.5 Å². The number of carboxylic acid groups (broad SMARTS) is 1. The van der Waals surface area contributed by atoms with Crippen LogP contribution in [0.15, 0.2) is 23.4 Å². The van der Waals surface area contributed by atoms with Gasteiger partial charge in [-0.05, 0) is 18.6 Å².